The Morgan fingerprint density at radius 2 is 2.29 bits per heavy atom. The van der Waals surface area contributed by atoms with Crippen LogP contribution in [0.25, 0.3) is 0 Å². The molecule has 0 aliphatic heterocycles. The third-order valence-electron chi connectivity index (χ3n) is 2.30. The van der Waals surface area contributed by atoms with Crippen molar-refractivity contribution in [2.24, 2.45) is 0 Å². The molecule has 2 N–H and O–H groups in total. The Bertz CT molecular complexity index is 359. The molecule has 1 aromatic heterocycles. The van der Waals surface area contributed by atoms with Crippen molar-refractivity contribution in [2.75, 3.05) is 30.4 Å². The maximum Gasteiger partial charge on any atom is 0.224 e. The van der Waals surface area contributed by atoms with Crippen molar-refractivity contribution in [3.63, 3.8) is 0 Å². The molecule has 1 aromatic rings. The summed E-state index contributed by atoms with van der Waals surface area (Å²) in [6.07, 6.45) is 1.31. The van der Waals surface area contributed by atoms with Gasteiger partial charge in [-0.2, -0.15) is 4.98 Å². The highest BCUT2D eigenvalue weighted by Gasteiger charge is 2.11. The molecule has 0 spiro atoms. The standard InChI is InChI=1S/C11H19FN4O/c1-4-13-11-14-7-9(12)10(15-11)16(3)6-5-8(2)17/h7-8,17H,4-6H2,1-3H3,(H,13,14,15). The predicted molar refractivity (Wildman–Crippen MR) is 65.7 cm³/mol. The van der Waals surface area contributed by atoms with Crippen LogP contribution in [-0.2, 0) is 0 Å². The first kappa shape index (κ1) is 13.6. The van der Waals surface area contributed by atoms with Crippen LogP contribution in [0, 0.1) is 5.82 Å². The summed E-state index contributed by atoms with van der Waals surface area (Å²) in [5, 5.41) is 12.1. The molecule has 0 aromatic carbocycles. The van der Waals surface area contributed by atoms with Gasteiger partial charge >= 0.3 is 0 Å². The number of aliphatic hydroxyl groups excluding tert-OH is 1. The smallest absolute Gasteiger partial charge is 0.224 e. The molecule has 0 fully saturated rings. The Kier molecular flexibility index (Phi) is 5.09. The fourth-order valence-corrected chi connectivity index (χ4v) is 1.36. The summed E-state index contributed by atoms with van der Waals surface area (Å²) >= 11 is 0. The summed E-state index contributed by atoms with van der Waals surface area (Å²) in [7, 11) is 1.74. The molecule has 0 amide bonds. The van der Waals surface area contributed by atoms with Gasteiger partial charge in [-0.3, -0.25) is 0 Å². The van der Waals surface area contributed by atoms with Gasteiger partial charge in [0.2, 0.25) is 5.95 Å². The fraction of sp³-hybridized carbons (Fsp3) is 0.636. The normalized spacial score (nSPS) is 12.3. The van der Waals surface area contributed by atoms with E-state index in [-0.39, 0.29) is 5.82 Å². The maximum atomic E-state index is 13.5. The fourth-order valence-electron chi connectivity index (χ4n) is 1.36. The van der Waals surface area contributed by atoms with Crippen molar-refractivity contribution >= 4 is 11.8 Å². The van der Waals surface area contributed by atoms with E-state index >= 15 is 0 Å². The highest BCUT2D eigenvalue weighted by atomic mass is 19.1. The molecule has 0 saturated carbocycles. The first-order valence-electron chi connectivity index (χ1n) is 5.70. The Balaban J connectivity index is 2.76. The molecular formula is C11H19FN4O. The van der Waals surface area contributed by atoms with Crippen LogP contribution in [-0.4, -0.2) is 41.3 Å². The average molecular weight is 242 g/mol. The van der Waals surface area contributed by atoms with Crippen LogP contribution in [0.15, 0.2) is 6.20 Å². The number of hydrogen-bond acceptors (Lipinski definition) is 5. The van der Waals surface area contributed by atoms with Gasteiger partial charge in [0.15, 0.2) is 11.6 Å². The number of halogens is 1. The molecule has 1 heterocycles. The second-order valence-electron chi connectivity index (χ2n) is 3.95. The van der Waals surface area contributed by atoms with Crippen LogP contribution in [0.2, 0.25) is 0 Å². The molecule has 0 saturated heterocycles. The number of hydrogen-bond donors (Lipinski definition) is 2. The molecule has 0 aliphatic carbocycles. The van der Waals surface area contributed by atoms with E-state index in [1.54, 1.807) is 18.9 Å². The predicted octanol–water partition coefficient (Wildman–Crippen LogP) is 1.25. The minimum absolute atomic E-state index is 0.247. The molecular weight excluding hydrogens is 223 g/mol. The first-order chi connectivity index (χ1) is 8.04. The number of aromatic nitrogens is 2. The zero-order valence-electron chi connectivity index (χ0n) is 10.4. The Labute approximate surface area is 101 Å². The average Bonchev–Trinajstić information content (AvgIpc) is 2.29. The number of rotatable bonds is 6. The van der Waals surface area contributed by atoms with E-state index in [1.807, 2.05) is 6.92 Å². The van der Waals surface area contributed by atoms with Gasteiger partial charge in [-0.05, 0) is 20.3 Å². The van der Waals surface area contributed by atoms with Crippen LogP contribution < -0.4 is 10.2 Å². The summed E-state index contributed by atoms with van der Waals surface area (Å²) in [6.45, 7) is 4.84. The van der Waals surface area contributed by atoms with Gasteiger partial charge in [0.25, 0.3) is 0 Å². The molecule has 1 rings (SSSR count). The van der Waals surface area contributed by atoms with E-state index in [1.165, 1.54) is 0 Å². The third-order valence-corrected chi connectivity index (χ3v) is 2.30. The topological polar surface area (TPSA) is 61.3 Å². The molecule has 0 bridgehead atoms. The van der Waals surface area contributed by atoms with Crippen molar-refractivity contribution < 1.29 is 9.50 Å². The van der Waals surface area contributed by atoms with Crippen LogP contribution in [0.1, 0.15) is 20.3 Å². The van der Waals surface area contributed by atoms with Crippen molar-refractivity contribution in [1.29, 1.82) is 0 Å². The SMILES string of the molecule is CCNc1ncc(F)c(N(C)CCC(C)O)n1. The Morgan fingerprint density at radius 1 is 1.59 bits per heavy atom. The molecule has 0 aliphatic rings. The van der Waals surface area contributed by atoms with Crippen LogP contribution >= 0.6 is 0 Å². The van der Waals surface area contributed by atoms with Gasteiger partial charge < -0.3 is 15.3 Å². The minimum Gasteiger partial charge on any atom is -0.393 e. The van der Waals surface area contributed by atoms with E-state index in [4.69, 9.17) is 0 Å². The second-order valence-corrected chi connectivity index (χ2v) is 3.95. The zero-order valence-corrected chi connectivity index (χ0v) is 10.4. The molecule has 0 radical (unpaired) electrons. The van der Waals surface area contributed by atoms with E-state index < -0.39 is 11.9 Å². The first-order valence-corrected chi connectivity index (χ1v) is 5.70. The van der Waals surface area contributed by atoms with Gasteiger partial charge in [0, 0.05) is 20.1 Å². The van der Waals surface area contributed by atoms with Crippen LogP contribution in [0.3, 0.4) is 0 Å². The van der Waals surface area contributed by atoms with Crippen molar-refractivity contribution in [3.05, 3.63) is 12.0 Å². The summed E-state index contributed by atoms with van der Waals surface area (Å²) < 4.78 is 13.5. The zero-order chi connectivity index (χ0) is 12.8. The van der Waals surface area contributed by atoms with Crippen LogP contribution in [0.4, 0.5) is 16.2 Å². The molecule has 5 nitrogen and oxygen atoms in total. The van der Waals surface area contributed by atoms with Gasteiger partial charge in [-0.25, -0.2) is 9.37 Å². The maximum absolute atomic E-state index is 13.5. The number of nitrogens with one attached hydrogen (secondary N) is 1. The Morgan fingerprint density at radius 3 is 2.88 bits per heavy atom. The summed E-state index contributed by atoms with van der Waals surface area (Å²) in [5.41, 5.74) is 0. The van der Waals surface area contributed by atoms with E-state index in [0.29, 0.717) is 25.5 Å². The molecule has 96 valence electrons. The van der Waals surface area contributed by atoms with Crippen molar-refractivity contribution in [1.82, 2.24) is 9.97 Å². The lowest BCUT2D eigenvalue weighted by molar-refractivity contribution is 0.186. The summed E-state index contributed by atoms with van der Waals surface area (Å²) in [5.74, 6) is 0.198. The van der Waals surface area contributed by atoms with Gasteiger partial charge in [-0.1, -0.05) is 0 Å². The molecule has 6 heteroatoms. The lowest BCUT2D eigenvalue weighted by Gasteiger charge is -2.19. The highest BCUT2D eigenvalue weighted by Crippen LogP contribution is 2.16. The van der Waals surface area contributed by atoms with Gasteiger partial charge in [0.05, 0.1) is 12.3 Å². The number of aliphatic hydroxyl groups is 1. The monoisotopic (exact) mass is 242 g/mol. The second kappa shape index (κ2) is 6.34. The van der Waals surface area contributed by atoms with Crippen molar-refractivity contribution in [3.8, 4) is 0 Å². The number of nitrogens with zero attached hydrogens (tertiary/aromatic N) is 3. The molecule has 17 heavy (non-hydrogen) atoms. The van der Waals surface area contributed by atoms with Crippen molar-refractivity contribution in [2.45, 2.75) is 26.4 Å². The van der Waals surface area contributed by atoms with E-state index in [0.717, 1.165) is 6.20 Å². The highest BCUT2D eigenvalue weighted by molar-refractivity contribution is 5.43. The van der Waals surface area contributed by atoms with Gasteiger partial charge in [-0.15, -0.1) is 0 Å². The van der Waals surface area contributed by atoms with Crippen LogP contribution in [0.5, 0.6) is 0 Å². The van der Waals surface area contributed by atoms with E-state index in [2.05, 4.69) is 15.3 Å². The lowest BCUT2D eigenvalue weighted by atomic mass is 10.3. The number of anilines is 2. The minimum atomic E-state index is -0.459. The summed E-state index contributed by atoms with van der Waals surface area (Å²) in [4.78, 5) is 9.59. The van der Waals surface area contributed by atoms with Gasteiger partial charge in [0.1, 0.15) is 0 Å². The largest absolute Gasteiger partial charge is 0.393 e. The Hall–Kier alpha value is -1.43. The molecule has 1 unspecified atom stereocenters. The van der Waals surface area contributed by atoms with E-state index in [9.17, 15) is 9.50 Å². The summed E-state index contributed by atoms with van der Waals surface area (Å²) in [6, 6.07) is 0. The third kappa shape index (κ3) is 4.14. The quantitative estimate of drug-likeness (QED) is 0.786. The lowest BCUT2D eigenvalue weighted by Crippen LogP contribution is -2.24. The molecule has 1 atom stereocenters.